The summed E-state index contributed by atoms with van der Waals surface area (Å²) in [6, 6.07) is 41.4. The van der Waals surface area contributed by atoms with Crippen molar-refractivity contribution in [3.8, 4) is 23.5 Å². The molecule has 36 heavy (non-hydrogen) atoms. The molecule has 2 aromatic heterocycles. The monoisotopic (exact) mass is 458 g/mol. The van der Waals surface area contributed by atoms with Crippen LogP contribution in [0.4, 0.5) is 0 Å². The molecule has 0 fully saturated rings. The summed E-state index contributed by atoms with van der Waals surface area (Å²) in [5.74, 6) is 0. The molecule has 5 aromatic carbocycles. The van der Waals surface area contributed by atoms with Crippen LogP contribution in [0.15, 0.2) is 109 Å². The highest BCUT2D eigenvalue weighted by Gasteiger charge is 2.20. The molecule has 7 aromatic rings. The van der Waals surface area contributed by atoms with Crippen LogP contribution in [-0.2, 0) is 0 Å². The molecule has 0 saturated carbocycles. The Balaban J connectivity index is 1.70. The number of hydrogen-bond acceptors (Lipinski definition) is 2. The molecule has 0 atom stereocenters. The van der Waals surface area contributed by atoms with Crippen LogP contribution in [0.1, 0.15) is 11.1 Å². The van der Waals surface area contributed by atoms with Crippen LogP contribution in [0.3, 0.4) is 0 Å². The highest BCUT2D eigenvalue weighted by Crippen LogP contribution is 2.39. The van der Waals surface area contributed by atoms with Gasteiger partial charge in [-0.3, -0.25) is 0 Å². The van der Waals surface area contributed by atoms with E-state index < -0.39 is 0 Å². The van der Waals surface area contributed by atoms with E-state index >= 15 is 0 Å². The van der Waals surface area contributed by atoms with E-state index in [1.54, 1.807) is 0 Å². The Hall–Kier alpha value is -5.32. The van der Waals surface area contributed by atoms with Gasteiger partial charge in [-0.05, 0) is 60.7 Å². The predicted molar refractivity (Wildman–Crippen MR) is 145 cm³/mol. The first-order valence-electron chi connectivity index (χ1n) is 11.7. The average Bonchev–Trinajstić information content (AvgIpc) is 3.45. The Labute approximate surface area is 207 Å². The molecule has 0 spiro atoms. The normalized spacial score (nSPS) is 11.3. The van der Waals surface area contributed by atoms with E-state index in [4.69, 9.17) is 0 Å². The van der Waals surface area contributed by atoms with Crippen LogP contribution in [-0.4, -0.2) is 9.13 Å². The minimum Gasteiger partial charge on any atom is -0.307 e. The largest absolute Gasteiger partial charge is 0.307 e. The number of nitriles is 2. The van der Waals surface area contributed by atoms with Crippen LogP contribution in [0.25, 0.3) is 55.0 Å². The zero-order valence-electron chi connectivity index (χ0n) is 19.2. The maximum absolute atomic E-state index is 9.57. The zero-order valence-corrected chi connectivity index (χ0v) is 19.2. The second kappa shape index (κ2) is 7.60. The average molecular weight is 459 g/mol. The fourth-order valence-electron chi connectivity index (χ4n) is 5.45. The van der Waals surface area contributed by atoms with Gasteiger partial charge in [-0.1, -0.05) is 48.5 Å². The molecule has 2 heterocycles. The molecule has 0 N–H and O–H groups in total. The molecule has 0 radical (unpaired) electrons. The summed E-state index contributed by atoms with van der Waals surface area (Å²) in [6.45, 7) is 0. The predicted octanol–water partition coefficient (Wildman–Crippen LogP) is 7.62. The summed E-state index contributed by atoms with van der Waals surface area (Å²) < 4.78 is 4.58. The van der Waals surface area contributed by atoms with Crippen molar-refractivity contribution in [1.29, 1.82) is 10.5 Å². The van der Waals surface area contributed by atoms with Crippen molar-refractivity contribution in [2.24, 2.45) is 0 Å². The summed E-state index contributed by atoms with van der Waals surface area (Å²) in [4.78, 5) is 0. The standard InChI is InChI=1S/C32H18N4/c33-19-21-13-15-29-26(17-21)27-18-22(20-34)14-16-30(27)36(29)31-12-6-10-25-24-9-4-5-11-28(24)35(32(25)31)23-7-2-1-3-8-23/h1-18H. The third-order valence-electron chi connectivity index (χ3n) is 6.95. The van der Waals surface area contributed by atoms with Crippen LogP contribution in [0, 0.1) is 22.7 Å². The zero-order chi connectivity index (χ0) is 24.2. The van der Waals surface area contributed by atoms with Gasteiger partial charge in [0.2, 0.25) is 0 Å². The summed E-state index contributed by atoms with van der Waals surface area (Å²) in [5.41, 5.74) is 7.58. The van der Waals surface area contributed by atoms with Gasteiger partial charge >= 0.3 is 0 Å². The lowest BCUT2D eigenvalue weighted by Crippen LogP contribution is -2.00. The lowest BCUT2D eigenvalue weighted by molar-refractivity contribution is 1.13. The maximum Gasteiger partial charge on any atom is 0.0991 e. The molecule has 0 bridgehead atoms. The van der Waals surface area contributed by atoms with Crippen molar-refractivity contribution in [1.82, 2.24) is 9.13 Å². The molecule has 0 aliphatic rings. The van der Waals surface area contributed by atoms with Gasteiger partial charge in [-0.2, -0.15) is 10.5 Å². The Morgan fingerprint density at radius 1 is 0.472 bits per heavy atom. The van der Waals surface area contributed by atoms with E-state index in [-0.39, 0.29) is 0 Å². The van der Waals surface area contributed by atoms with Crippen molar-refractivity contribution in [3.63, 3.8) is 0 Å². The number of aromatic nitrogens is 2. The minimum atomic E-state index is 0.598. The number of nitrogens with zero attached hydrogens (tertiary/aromatic N) is 4. The molecule has 0 unspecified atom stereocenters. The number of hydrogen-bond donors (Lipinski definition) is 0. The molecule has 7 rings (SSSR count). The Kier molecular flexibility index (Phi) is 4.24. The summed E-state index contributed by atoms with van der Waals surface area (Å²) in [7, 11) is 0. The van der Waals surface area contributed by atoms with Gasteiger partial charge in [0.15, 0.2) is 0 Å². The minimum absolute atomic E-state index is 0.598. The Morgan fingerprint density at radius 3 is 1.72 bits per heavy atom. The number of para-hydroxylation sites is 3. The van der Waals surface area contributed by atoms with Crippen LogP contribution in [0.5, 0.6) is 0 Å². The first-order valence-corrected chi connectivity index (χ1v) is 11.7. The Bertz CT molecular complexity index is 1990. The molecule has 4 heteroatoms. The van der Waals surface area contributed by atoms with Crippen molar-refractivity contribution >= 4 is 43.6 Å². The van der Waals surface area contributed by atoms with Crippen LogP contribution in [0.2, 0.25) is 0 Å². The van der Waals surface area contributed by atoms with E-state index in [0.29, 0.717) is 11.1 Å². The van der Waals surface area contributed by atoms with Crippen molar-refractivity contribution < 1.29 is 0 Å². The molecular weight excluding hydrogens is 440 g/mol. The highest BCUT2D eigenvalue weighted by atomic mass is 15.1. The lowest BCUT2D eigenvalue weighted by Gasteiger charge is -2.14. The number of rotatable bonds is 2. The third-order valence-corrected chi connectivity index (χ3v) is 6.95. The van der Waals surface area contributed by atoms with Gasteiger partial charge in [0.25, 0.3) is 0 Å². The molecule has 0 aliphatic carbocycles. The highest BCUT2D eigenvalue weighted by molar-refractivity contribution is 6.15. The van der Waals surface area contributed by atoms with Gasteiger partial charge < -0.3 is 9.13 Å². The van der Waals surface area contributed by atoms with E-state index in [0.717, 1.165) is 44.2 Å². The SMILES string of the molecule is N#Cc1ccc2c(c1)c1cc(C#N)ccc1n2-c1cccc2c3ccccc3n(-c3ccccc3)c12. The van der Waals surface area contributed by atoms with Crippen LogP contribution >= 0.6 is 0 Å². The molecule has 0 saturated heterocycles. The van der Waals surface area contributed by atoms with E-state index in [2.05, 4.69) is 88.0 Å². The molecule has 0 aliphatic heterocycles. The summed E-state index contributed by atoms with van der Waals surface area (Å²) in [6.07, 6.45) is 0. The first-order chi connectivity index (χ1) is 17.8. The van der Waals surface area contributed by atoms with E-state index in [1.807, 2.05) is 42.5 Å². The number of benzene rings is 5. The third kappa shape index (κ3) is 2.73. The summed E-state index contributed by atoms with van der Waals surface area (Å²) in [5, 5.41) is 23.4. The smallest absolute Gasteiger partial charge is 0.0991 e. The van der Waals surface area contributed by atoms with Crippen molar-refractivity contribution in [3.05, 3.63) is 120 Å². The van der Waals surface area contributed by atoms with Gasteiger partial charge in [0, 0.05) is 27.2 Å². The Morgan fingerprint density at radius 2 is 1.06 bits per heavy atom. The quantitative estimate of drug-likeness (QED) is 0.267. The molecular formula is C32H18N4. The maximum atomic E-state index is 9.57. The van der Waals surface area contributed by atoms with Crippen molar-refractivity contribution in [2.75, 3.05) is 0 Å². The van der Waals surface area contributed by atoms with E-state index in [9.17, 15) is 10.5 Å². The van der Waals surface area contributed by atoms with Crippen molar-refractivity contribution in [2.45, 2.75) is 0 Å². The molecule has 0 amide bonds. The fourth-order valence-corrected chi connectivity index (χ4v) is 5.45. The second-order valence-corrected chi connectivity index (χ2v) is 8.88. The number of fused-ring (bicyclic) bond motifs is 6. The fraction of sp³-hybridized carbons (Fsp3) is 0. The lowest BCUT2D eigenvalue weighted by atomic mass is 10.1. The van der Waals surface area contributed by atoms with Gasteiger partial charge in [0.1, 0.15) is 0 Å². The molecule has 166 valence electrons. The molecule has 4 nitrogen and oxygen atoms in total. The first kappa shape index (κ1) is 20.1. The second-order valence-electron chi connectivity index (χ2n) is 8.88. The van der Waals surface area contributed by atoms with Gasteiger partial charge in [0.05, 0.1) is 51.0 Å². The van der Waals surface area contributed by atoms with Crippen LogP contribution < -0.4 is 0 Å². The van der Waals surface area contributed by atoms with E-state index in [1.165, 1.54) is 10.8 Å². The topological polar surface area (TPSA) is 57.4 Å². The summed E-state index contributed by atoms with van der Waals surface area (Å²) >= 11 is 0. The van der Waals surface area contributed by atoms with Gasteiger partial charge in [-0.15, -0.1) is 0 Å². The van der Waals surface area contributed by atoms with Gasteiger partial charge in [-0.25, -0.2) is 0 Å².